The summed E-state index contributed by atoms with van der Waals surface area (Å²) in [7, 11) is 0.285. The highest BCUT2D eigenvalue weighted by Gasteiger charge is 2.33. The van der Waals surface area contributed by atoms with Crippen LogP contribution in [-0.4, -0.2) is 59.5 Å². The highest BCUT2D eigenvalue weighted by Crippen LogP contribution is 2.20. The SMILES string of the molecule is CCN1CCC(N(C)S(=O)(=O)c2cn(C)c(=O)n(C)c2=O)CC1. The highest BCUT2D eigenvalue weighted by molar-refractivity contribution is 7.89. The van der Waals surface area contributed by atoms with E-state index in [0.717, 1.165) is 47.8 Å². The predicted molar refractivity (Wildman–Crippen MR) is 87.0 cm³/mol. The monoisotopic (exact) mass is 344 g/mol. The van der Waals surface area contributed by atoms with Crippen LogP contribution in [0, 0.1) is 0 Å². The van der Waals surface area contributed by atoms with Crippen LogP contribution in [0.4, 0.5) is 0 Å². The lowest BCUT2D eigenvalue weighted by molar-refractivity contribution is 0.176. The molecule has 2 heterocycles. The average Bonchev–Trinajstić information content (AvgIpc) is 2.55. The Kier molecular flexibility index (Phi) is 5.12. The van der Waals surface area contributed by atoms with Gasteiger partial charge in [-0.3, -0.25) is 9.36 Å². The Balaban J connectivity index is 2.36. The number of likely N-dealkylation sites (tertiary alicyclic amines) is 1. The first-order valence-corrected chi connectivity index (χ1v) is 9.11. The number of piperidine rings is 1. The number of aryl methyl sites for hydroxylation is 1. The van der Waals surface area contributed by atoms with E-state index in [2.05, 4.69) is 11.8 Å². The van der Waals surface area contributed by atoms with E-state index in [0.29, 0.717) is 0 Å². The molecule has 0 aliphatic carbocycles. The van der Waals surface area contributed by atoms with E-state index in [1.165, 1.54) is 25.4 Å². The zero-order valence-electron chi connectivity index (χ0n) is 14.0. The third-order valence-corrected chi connectivity index (χ3v) is 6.48. The van der Waals surface area contributed by atoms with Crippen molar-refractivity contribution >= 4 is 10.0 Å². The molecular weight excluding hydrogens is 320 g/mol. The Morgan fingerprint density at radius 2 is 1.78 bits per heavy atom. The molecule has 0 atom stereocenters. The molecule has 130 valence electrons. The molecule has 0 bridgehead atoms. The number of hydrogen-bond acceptors (Lipinski definition) is 5. The summed E-state index contributed by atoms with van der Waals surface area (Å²) < 4.78 is 28.8. The highest BCUT2D eigenvalue weighted by atomic mass is 32.2. The van der Waals surface area contributed by atoms with E-state index in [4.69, 9.17) is 0 Å². The first-order chi connectivity index (χ1) is 10.7. The third-order valence-electron chi connectivity index (χ3n) is 4.59. The average molecular weight is 344 g/mol. The van der Waals surface area contributed by atoms with Crippen molar-refractivity contribution in [2.45, 2.75) is 30.7 Å². The molecule has 1 aliphatic rings. The zero-order valence-corrected chi connectivity index (χ0v) is 14.8. The van der Waals surface area contributed by atoms with Crippen molar-refractivity contribution in [2.24, 2.45) is 14.1 Å². The minimum atomic E-state index is -3.93. The summed E-state index contributed by atoms with van der Waals surface area (Å²) in [5.41, 5.74) is -1.33. The van der Waals surface area contributed by atoms with Crippen molar-refractivity contribution in [2.75, 3.05) is 26.7 Å². The lowest BCUT2D eigenvalue weighted by Gasteiger charge is -2.35. The van der Waals surface area contributed by atoms with Crippen LogP contribution in [0.5, 0.6) is 0 Å². The van der Waals surface area contributed by atoms with E-state index in [1.54, 1.807) is 0 Å². The van der Waals surface area contributed by atoms with Gasteiger partial charge in [-0.05, 0) is 32.5 Å². The Morgan fingerprint density at radius 3 is 2.30 bits per heavy atom. The lowest BCUT2D eigenvalue weighted by atomic mass is 10.1. The number of hydrogen-bond donors (Lipinski definition) is 0. The van der Waals surface area contributed by atoms with Crippen LogP contribution in [-0.2, 0) is 24.1 Å². The quantitative estimate of drug-likeness (QED) is 0.713. The molecule has 0 N–H and O–H groups in total. The third kappa shape index (κ3) is 3.26. The van der Waals surface area contributed by atoms with Gasteiger partial charge in [-0.25, -0.2) is 13.2 Å². The summed E-state index contributed by atoms with van der Waals surface area (Å²) >= 11 is 0. The Bertz CT molecular complexity index is 788. The van der Waals surface area contributed by atoms with Crippen molar-refractivity contribution in [3.8, 4) is 0 Å². The summed E-state index contributed by atoms with van der Waals surface area (Å²) in [5.74, 6) is 0. The van der Waals surface area contributed by atoms with Crippen LogP contribution in [0.2, 0.25) is 0 Å². The maximum Gasteiger partial charge on any atom is 0.330 e. The van der Waals surface area contributed by atoms with Crippen LogP contribution < -0.4 is 11.2 Å². The topological polar surface area (TPSA) is 84.6 Å². The number of sulfonamides is 1. The fourth-order valence-corrected chi connectivity index (χ4v) is 4.47. The second-order valence-electron chi connectivity index (χ2n) is 5.94. The van der Waals surface area contributed by atoms with Gasteiger partial charge < -0.3 is 9.47 Å². The van der Waals surface area contributed by atoms with E-state index in [1.807, 2.05) is 0 Å². The molecule has 0 spiro atoms. The molecule has 0 unspecified atom stereocenters. The summed E-state index contributed by atoms with van der Waals surface area (Å²) in [4.78, 5) is 25.8. The molecule has 1 aromatic heterocycles. The van der Waals surface area contributed by atoms with Gasteiger partial charge in [-0.1, -0.05) is 6.92 Å². The van der Waals surface area contributed by atoms with Gasteiger partial charge in [0.15, 0.2) is 4.90 Å². The van der Waals surface area contributed by atoms with Crippen molar-refractivity contribution in [3.05, 3.63) is 27.0 Å². The number of rotatable bonds is 4. The van der Waals surface area contributed by atoms with E-state index in [9.17, 15) is 18.0 Å². The molecule has 23 heavy (non-hydrogen) atoms. The standard InChI is InChI=1S/C14H24N4O4S/c1-5-18-8-6-11(7-9-18)17(4)23(21,22)12-10-15(2)14(20)16(3)13(12)19/h10-11H,5-9H2,1-4H3. The summed E-state index contributed by atoms with van der Waals surface area (Å²) in [6.45, 7) is 4.71. The summed E-state index contributed by atoms with van der Waals surface area (Å²) in [6.07, 6.45) is 2.57. The first kappa shape index (κ1) is 17.9. The number of aromatic nitrogens is 2. The van der Waals surface area contributed by atoms with Crippen molar-refractivity contribution < 1.29 is 8.42 Å². The second kappa shape index (κ2) is 6.58. The summed E-state index contributed by atoms with van der Waals surface area (Å²) in [5, 5.41) is 0. The molecule has 9 heteroatoms. The minimum absolute atomic E-state index is 0.134. The molecule has 2 rings (SSSR count). The molecule has 1 saturated heterocycles. The van der Waals surface area contributed by atoms with Crippen LogP contribution in [0.3, 0.4) is 0 Å². The molecule has 8 nitrogen and oxygen atoms in total. The maximum absolute atomic E-state index is 12.8. The van der Waals surface area contributed by atoms with Gasteiger partial charge in [-0.15, -0.1) is 0 Å². The van der Waals surface area contributed by atoms with Gasteiger partial charge in [-0.2, -0.15) is 4.31 Å². The minimum Gasteiger partial charge on any atom is -0.303 e. The summed E-state index contributed by atoms with van der Waals surface area (Å²) in [6, 6.07) is -0.134. The fraction of sp³-hybridized carbons (Fsp3) is 0.714. The lowest BCUT2D eigenvalue weighted by Crippen LogP contribution is -2.47. The van der Waals surface area contributed by atoms with Crippen molar-refractivity contribution in [3.63, 3.8) is 0 Å². The van der Waals surface area contributed by atoms with Gasteiger partial charge >= 0.3 is 5.69 Å². The molecule has 1 aliphatic heterocycles. The largest absolute Gasteiger partial charge is 0.330 e. The Morgan fingerprint density at radius 1 is 1.22 bits per heavy atom. The number of nitrogens with zero attached hydrogens (tertiary/aromatic N) is 4. The van der Waals surface area contributed by atoms with Crippen molar-refractivity contribution in [1.82, 2.24) is 18.3 Å². The van der Waals surface area contributed by atoms with Crippen LogP contribution in [0.1, 0.15) is 19.8 Å². The molecule has 0 aromatic carbocycles. The van der Waals surface area contributed by atoms with Gasteiger partial charge in [0.05, 0.1) is 0 Å². The van der Waals surface area contributed by atoms with Crippen LogP contribution >= 0.6 is 0 Å². The Labute approximate surface area is 136 Å². The van der Waals surface area contributed by atoms with Crippen LogP contribution in [0.15, 0.2) is 20.7 Å². The smallest absolute Gasteiger partial charge is 0.303 e. The van der Waals surface area contributed by atoms with E-state index >= 15 is 0 Å². The molecular formula is C14H24N4O4S. The van der Waals surface area contributed by atoms with Gasteiger partial charge in [0, 0.05) is 33.4 Å². The first-order valence-electron chi connectivity index (χ1n) is 7.67. The zero-order chi connectivity index (χ0) is 17.4. The van der Waals surface area contributed by atoms with Crippen molar-refractivity contribution in [1.29, 1.82) is 0 Å². The van der Waals surface area contributed by atoms with E-state index < -0.39 is 21.3 Å². The molecule has 0 amide bonds. The molecule has 0 saturated carbocycles. The van der Waals surface area contributed by atoms with Gasteiger partial charge in [0.1, 0.15) is 0 Å². The predicted octanol–water partition coefficient (Wildman–Crippen LogP) is -0.811. The second-order valence-corrected chi connectivity index (χ2v) is 7.90. The van der Waals surface area contributed by atoms with Gasteiger partial charge in [0.25, 0.3) is 5.56 Å². The molecule has 1 aromatic rings. The fourth-order valence-electron chi connectivity index (χ4n) is 2.90. The van der Waals surface area contributed by atoms with E-state index in [-0.39, 0.29) is 10.9 Å². The maximum atomic E-state index is 12.8. The normalized spacial score (nSPS) is 17.8. The molecule has 0 radical (unpaired) electrons. The molecule has 1 fully saturated rings. The van der Waals surface area contributed by atoms with Gasteiger partial charge in [0.2, 0.25) is 10.0 Å². The van der Waals surface area contributed by atoms with Crippen LogP contribution in [0.25, 0.3) is 0 Å². The Hall–Kier alpha value is -1.45.